The van der Waals surface area contributed by atoms with Crippen molar-refractivity contribution in [3.63, 3.8) is 0 Å². The van der Waals surface area contributed by atoms with E-state index in [1.165, 1.54) is 6.92 Å². The predicted octanol–water partition coefficient (Wildman–Crippen LogP) is 7.59. The van der Waals surface area contributed by atoms with Crippen LogP contribution >= 0.6 is 0 Å². The Balaban J connectivity index is 1.59. The highest BCUT2D eigenvalue weighted by atomic mass is 32.2. The Morgan fingerprint density at radius 1 is 0.917 bits per heavy atom. The summed E-state index contributed by atoms with van der Waals surface area (Å²) >= 11 is 0. The highest BCUT2D eigenvalue weighted by molar-refractivity contribution is 7.85. The number of aliphatic carboxylic acids is 1. The van der Waals surface area contributed by atoms with Gasteiger partial charge in [0.25, 0.3) is 10.1 Å². The van der Waals surface area contributed by atoms with Crippen LogP contribution < -0.4 is 9.64 Å². The molecule has 0 radical (unpaired) electrons. The van der Waals surface area contributed by atoms with Gasteiger partial charge in [-0.05, 0) is 86.7 Å². The molecule has 0 saturated carbocycles. The number of carboxylic acids is 1. The molecule has 254 valence electrons. The van der Waals surface area contributed by atoms with Crippen LogP contribution in [0.25, 0.3) is 10.8 Å². The van der Waals surface area contributed by atoms with Crippen molar-refractivity contribution in [1.29, 1.82) is 0 Å². The first kappa shape index (κ1) is 36.3. The summed E-state index contributed by atoms with van der Waals surface area (Å²) in [7, 11) is -4.04. The van der Waals surface area contributed by atoms with E-state index in [9.17, 15) is 22.6 Å². The fraction of sp³-hybridized carbons (Fsp3) is 0.342. The lowest BCUT2D eigenvalue weighted by atomic mass is 9.79. The Morgan fingerprint density at radius 3 is 2.35 bits per heavy atom. The van der Waals surface area contributed by atoms with Crippen molar-refractivity contribution in [2.45, 2.75) is 64.7 Å². The van der Waals surface area contributed by atoms with Crippen LogP contribution in [-0.4, -0.2) is 59.1 Å². The first-order chi connectivity index (χ1) is 22.9. The predicted molar refractivity (Wildman–Crippen MR) is 191 cm³/mol. The number of para-hydroxylation sites is 1. The summed E-state index contributed by atoms with van der Waals surface area (Å²) in [6.07, 6.45) is 14.6. The minimum absolute atomic E-state index is 0.0939. The van der Waals surface area contributed by atoms with Gasteiger partial charge in [0.1, 0.15) is 12.3 Å². The van der Waals surface area contributed by atoms with E-state index in [0.29, 0.717) is 32.4 Å². The molecule has 48 heavy (non-hydrogen) atoms. The number of carboxylic acid groups (broad SMARTS) is 1. The SMILES string of the molecule is CC(=O)N(/C=C/C=C/C=C/C1=[N+](CCCCS(=O)(=O)O)c2ccc3ccc(OCCCCCC(=O)O)cc3c2C1(C)C)c1ccccc1. The van der Waals surface area contributed by atoms with Crippen LogP contribution in [0.2, 0.25) is 0 Å². The molecule has 1 aliphatic rings. The number of ether oxygens (including phenoxy) is 1. The molecule has 3 aromatic rings. The van der Waals surface area contributed by atoms with Gasteiger partial charge in [0, 0.05) is 49.4 Å². The molecule has 0 bridgehead atoms. The number of rotatable bonds is 17. The molecule has 0 aromatic heterocycles. The molecule has 4 rings (SSSR count). The van der Waals surface area contributed by atoms with E-state index in [0.717, 1.165) is 52.0 Å². The second-order valence-electron chi connectivity index (χ2n) is 12.4. The molecule has 1 heterocycles. The van der Waals surface area contributed by atoms with Crippen LogP contribution in [-0.2, 0) is 25.1 Å². The van der Waals surface area contributed by atoms with E-state index in [1.807, 2.05) is 66.8 Å². The van der Waals surface area contributed by atoms with Gasteiger partial charge in [0.05, 0.1) is 17.8 Å². The van der Waals surface area contributed by atoms with Crippen LogP contribution in [0.4, 0.5) is 11.4 Å². The van der Waals surface area contributed by atoms with Gasteiger partial charge < -0.3 is 9.84 Å². The summed E-state index contributed by atoms with van der Waals surface area (Å²) in [5.41, 5.74) is 3.60. The maximum absolute atomic E-state index is 12.2. The van der Waals surface area contributed by atoms with E-state index < -0.39 is 21.5 Å². The highest BCUT2D eigenvalue weighted by Gasteiger charge is 2.45. The maximum atomic E-state index is 12.2. The molecule has 0 spiro atoms. The lowest BCUT2D eigenvalue weighted by molar-refractivity contribution is -0.438. The minimum Gasteiger partial charge on any atom is -0.494 e. The quantitative estimate of drug-likeness (QED) is 0.0655. The van der Waals surface area contributed by atoms with E-state index >= 15 is 0 Å². The molecule has 2 N–H and O–H groups in total. The topological polar surface area (TPSA) is 124 Å². The maximum Gasteiger partial charge on any atom is 0.303 e. The number of anilines is 1. The van der Waals surface area contributed by atoms with Crippen LogP contribution in [0.15, 0.2) is 97.2 Å². The molecule has 0 unspecified atom stereocenters. The summed E-state index contributed by atoms with van der Waals surface area (Å²) in [6.45, 7) is 6.93. The van der Waals surface area contributed by atoms with Gasteiger partial charge in [-0.15, -0.1) is 0 Å². The average molecular weight is 674 g/mol. The lowest BCUT2D eigenvalue weighted by Crippen LogP contribution is -2.28. The third kappa shape index (κ3) is 9.74. The molecule has 0 fully saturated rings. The normalized spacial score (nSPS) is 14.4. The number of amides is 1. The molecule has 1 amide bonds. The summed E-state index contributed by atoms with van der Waals surface area (Å²) in [5, 5.41) is 11.0. The fourth-order valence-corrected chi connectivity index (χ4v) is 6.63. The van der Waals surface area contributed by atoms with Crippen molar-refractivity contribution >= 4 is 49.9 Å². The van der Waals surface area contributed by atoms with Gasteiger partial charge in [-0.2, -0.15) is 13.0 Å². The van der Waals surface area contributed by atoms with Crippen LogP contribution in [0.1, 0.15) is 64.9 Å². The number of hydrogen-bond donors (Lipinski definition) is 2. The number of carbonyl (C=O) groups is 2. The number of unbranched alkanes of at least 4 members (excludes halogenated alkanes) is 3. The zero-order valence-corrected chi connectivity index (χ0v) is 28.7. The van der Waals surface area contributed by atoms with Crippen molar-refractivity contribution < 1.29 is 37.0 Å². The number of allylic oxidation sites excluding steroid dienone is 5. The molecule has 1 aliphatic heterocycles. The Morgan fingerprint density at radius 2 is 1.65 bits per heavy atom. The molecular formula is C38H45N2O7S+. The third-order valence-corrected chi connectivity index (χ3v) is 9.16. The number of benzene rings is 3. The summed E-state index contributed by atoms with van der Waals surface area (Å²) < 4.78 is 40.3. The highest BCUT2D eigenvalue weighted by Crippen LogP contribution is 2.45. The smallest absolute Gasteiger partial charge is 0.303 e. The monoisotopic (exact) mass is 673 g/mol. The standard InChI is InChI=1S/C38H44N2O7S/c1-29(41)39(31-16-8-6-9-17-31)24-12-5-4-10-18-35-38(2,3)37-33-28-32(47-26-14-7-11-19-36(42)43)22-20-30(33)21-23-34(37)40(35)25-13-15-27-48(44,45)46/h4-6,8-10,12,16-18,20-24,28H,7,11,13-15,19,25-27H2,1-3H3,(H-,42,43,44,45,46)/p+1. The number of carbonyl (C=O) groups excluding carboxylic acids is 1. The zero-order valence-electron chi connectivity index (χ0n) is 27.8. The first-order valence-electron chi connectivity index (χ1n) is 16.3. The van der Waals surface area contributed by atoms with Crippen molar-refractivity contribution in [3.05, 3.63) is 103 Å². The molecule has 3 aromatic carbocycles. The zero-order chi connectivity index (χ0) is 34.7. The summed E-state index contributed by atoms with van der Waals surface area (Å²) in [6, 6.07) is 19.7. The van der Waals surface area contributed by atoms with Crippen molar-refractivity contribution in [1.82, 2.24) is 0 Å². The Bertz CT molecular complexity index is 1840. The number of fused-ring (bicyclic) bond motifs is 3. The molecule has 0 atom stereocenters. The van der Waals surface area contributed by atoms with Gasteiger partial charge in [0.15, 0.2) is 5.71 Å². The molecule has 9 nitrogen and oxygen atoms in total. The number of hydrogen-bond acceptors (Lipinski definition) is 5. The second-order valence-corrected chi connectivity index (χ2v) is 13.9. The van der Waals surface area contributed by atoms with E-state index in [-0.39, 0.29) is 18.1 Å². The fourth-order valence-electron chi connectivity index (χ4n) is 6.06. The Hall–Kier alpha value is -4.54. The van der Waals surface area contributed by atoms with E-state index in [2.05, 4.69) is 42.7 Å². The summed E-state index contributed by atoms with van der Waals surface area (Å²) in [5.74, 6) is -0.415. The third-order valence-electron chi connectivity index (χ3n) is 8.35. The molecular weight excluding hydrogens is 628 g/mol. The Kier molecular flexibility index (Phi) is 12.5. The van der Waals surface area contributed by atoms with Gasteiger partial charge in [-0.3, -0.25) is 19.0 Å². The van der Waals surface area contributed by atoms with Gasteiger partial charge in [0.2, 0.25) is 11.6 Å². The van der Waals surface area contributed by atoms with Crippen LogP contribution in [0, 0.1) is 0 Å². The average Bonchev–Trinajstić information content (AvgIpc) is 3.25. The second kappa shape index (κ2) is 16.5. The molecule has 0 aliphatic carbocycles. The largest absolute Gasteiger partial charge is 0.494 e. The van der Waals surface area contributed by atoms with Gasteiger partial charge in [-0.25, -0.2) is 0 Å². The lowest BCUT2D eigenvalue weighted by Gasteiger charge is -2.18. The van der Waals surface area contributed by atoms with Crippen molar-refractivity contribution in [3.8, 4) is 5.75 Å². The van der Waals surface area contributed by atoms with E-state index in [4.69, 9.17) is 9.84 Å². The molecule has 0 saturated heterocycles. The first-order valence-corrected chi connectivity index (χ1v) is 17.9. The summed E-state index contributed by atoms with van der Waals surface area (Å²) in [4.78, 5) is 24.6. The van der Waals surface area contributed by atoms with Crippen molar-refractivity contribution in [2.24, 2.45) is 0 Å². The van der Waals surface area contributed by atoms with Gasteiger partial charge >= 0.3 is 5.97 Å². The Labute approximate surface area is 283 Å². The van der Waals surface area contributed by atoms with Crippen LogP contribution in [0.5, 0.6) is 5.75 Å². The number of nitrogens with zero attached hydrogens (tertiary/aromatic N) is 2. The molecule has 10 heteroatoms. The van der Waals surface area contributed by atoms with E-state index in [1.54, 1.807) is 11.1 Å². The van der Waals surface area contributed by atoms with Crippen molar-refractivity contribution in [2.75, 3.05) is 23.8 Å². The van der Waals surface area contributed by atoms with Gasteiger partial charge in [-0.1, -0.05) is 42.5 Å². The minimum atomic E-state index is -4.04. The van der Waals surface area contributed by atoms with Crippen LogP contribution in [0.3, 0.4) is 0 Å².